The highest BCUT2D eigenvalue weighted by molar-refractivity contribution is 6.30. The summed E-state index contributed by atoms with van der Waals surface area (Å²) < 4.78 is 5.50. The van der Waals surface area contributed by atoms with Crippen molar-refractivity contribution in [3.05, 3.63) is 94.5 Å². The van der Waals surface area contributed by atoms with Crippen LogP contribution < -0.4 is 15.0 Å². The van der Waals surface area contributed by atoms with Gasteiger partial charge in [-0.2, -0.15) is 0 Å². The van der Waals surface area contributed by atoms with Gasteiger partial charge in [-0.05, 0) is 41.3 Å². The van der Waals surface area contributed by atoms with Crippen molar-refractivity contribution in [2.45, 2.75) is 25.6 Å². The van der Waals surface area contributed by atoms with Crippen LogP contribution in [0.4, 0.5) is 5.69 Å². The number of methoxy groups -OCH3 is 1. The Hall–Kier alpha value is -3.02. The number of piperazine rings is 1. The third kappa shape index (κ3) is 4.91. The molecule has 0 radical (unpaired) electrons. The summed E-state index contributed by atoms with van der Waals surface area (Å²) in [6, 6.07) is 24.5. The van der Waals surface area contributed by atoms with Crippen molar-refractivity contribution in [1.82, 2.24) is 10.2 Å². The van der Waals surface area contributed by atoms with E-state index in [1.54, 1.807) is 7.11 Å². The Morgan fingerprint density at radius 2 is 1.82 bits per heavy atom. The van der Waals surface area contributed by atoms with Crippen LogP contribution in [-0.4, -0.2) is 43.6 Å². The number of anilines is 1. The van der Waals surface area contributed by atoms with Crippen molar-refractivity contribution < 1.29 is 9.53 Å². The summed E-state index contributed by atoms with van der Waals surface area (Å²) in [4.78, 5) is 18.3. The molecule has 0 aliphatic carbocycles. The van der Waals surface area contributed by atoms with Crippen LogP contribution in [0.5, 0.6) is 5.75 Å². The zero-order valence-corrected chi connectivity index (χ0v) is 20.2. The van der Waals surface area contributed by atoms with Crippen molar-refractivity contribution in [2.75, 3.05) is 31.6 Å². The molecule has 2 aliphatic heterocycles. The van der Waals surface area contributed by atoms with Crippen LogP contribution in [0.3, 0.4) is 0 Å². The maximum atomic E-state index is 13.5. The summed E-state index contributed by atoms with van der Waals surface area (Å²) in [7, 11) is 1.70. The number of carbonyl (C=O) groups is 1. The van der Waals surface area contributed by atoms with Gasteiger partial charge in [-0.3, -0.25) is 9.69 Å². The first kappa shape index (κ1) is 22.8. The molecule has 0 aromatic heterocycles. The second-order valence-corrected chi connectivity index (χ2v) is 9.57. The zero-order chi connectivity index (χ0) is 23.5. The average Bonchev–Trinajstić information content (AvgIpc) is 2.88. The number of hydrogen-bond acceptors (Lipinski definition) is 4. The Balaban J connectivity index is 1.37. The number of fused-ring (bicyclic) bond motifs is 3. The second-order valence-electron chi connectivity index (χ2n) is 9.13. The number of nitrogens with zero attached hydrogens (tertiary/aromatic N) is 2. The molecule has 34 heavy (non-hydrogen) atoms. The van der Waals surface area contributed by atoms with Crippen LogP contribution in [0.2, 0.25) is 5.02 Å². The number of ether oxygens (including phenoxy) is 1. The van der Waals surface area contributed by atoms with Gasteiger partial charge in [-0.15, -0.1) is 0 Å². The zero-order valence-electron chi connectivity index (χ0n) is 19.4. The van der Waals surface area contributed by atoms with E-state index in [-0.39, 0.29) is 17.9 Å². The van der Waals surface area contributed by atoms with Gasteiger partial charge in [0.2, 0.25) is 5.91 Å². The summed E-state index contributed by atoms with van der Waals surface area (Å²) in [6.07, 6.45) is 0.732. The first-order valence-electron chi connectivity index (χ1n) is 11.8. The topological polar surface area (TPSA) is 44.8 Å². The van der Waals surface area contributed by atoms with Crippen molar-refractivity contribution in [1.29, 1.82) is 0 Å². The molecule has 0 unspecified atom stereocenters. The molecule has 1 saturated heterocycles. The van der Waals surface area contributed by atoms with E-state index in [1.807, 2.05) is 48.5 Å². The van der Waals surface area contributed by atoms with Gasteiger partial charge in [0.05, 0.1) is 19.1 Å². The number of rotatable bonds is 6. The number of amides is 1. The van der Waals surface area contributed by atoms with Crippen molar-refractivity contribution >= 4 is 23.2 Å². The van der Waals surface area contributed by atoms with Gasteiger partial charge in [-0.1, -0.05) is 60.1 Å². The molecular weight excluding hydrogens is 446 g/mol. The predicted molar refractivity (Wildman–Crippen MR) is 136 cm³/mol. The molecule has 5 rings (SSSR count). The lowest BCUT2D eigenvalue weighted by Gasteiger charge is -2.49. The molecule has 3 aromatic carbocycles. The van der Waals surface area contributed by atoms with Crippen LogP contribution >= 0.6 is 11.6 Å². The monoisotopic (exact) mass is 475 g/mol. The first-order valence-corrected chi connectivity index (χ1v) is 12.2. The number of halogens is 1. The van der Waals surface area contributed by atoms with E-state index in [2.05, 4.69) is 39.4 Å². The van der Waals surface area contributed by atoms with E-state index in [4.69, 9.17) is 16.3 Å². The molecule has 3 aromatic rings. The van der Waals surface area contributed by atoms with E-state index in [9.17, 15) is 4.79 Å². The Morgan fingerprint density at radius 1 is 1.03 bits per heavy atom. The highest BCUT2D eigenvalue weighted by Crippen LogP contribution is 2.38. The summed E-state index contributed by atoms with van der Waals surface area (Å²) in [5.41, 5.74) is 4.76. The number of benzene rings is 3. The predicted octanol–water partition coefficient (Wildman–Crippen LogP) is 4.53. The van der Waals surface area contributed by atoms with E-state index in [0.29, 0.717) is 6.54 Å². The lowest BCUT2D eigenvalue weighted by Crippen LogP contribution is -2.60. The maximum absolute atomic E-state index is 13.5. The fourth-order valence-electron chi connectivity index (χ4n) is 5.17. The van der Waals surface area contributed by atoms with Crippen LogP contribution in [-0.2, 0) is 24.3 Å². The normalized spacial score (nSPS) is 19.8. The molecule has 0 spiro atoms. The van der Waals surface area contributed by atoms with Crippen LogP contribution in [0.1, 0.15) is 16.7 Å². The third-order valence-corrected chi connectivity index (χ3v) is 7.23. The Bertz CT molecular complexity index is 1140. The Kier molecular flexibility index (Phi) is 6.75. The molecular formula is C28H30ClN3O2. The second kappa shape index (κ2) is 10.1. The average molecular weight is 476 g/mol. The standard InChI is InChI=1S/C28H30ClN3O2/c1-34-24-12-9-22-15-25(28(33)30-17-20-5-3-2-4-6-20)27-19-31(13-14-32(27)26(22)16-24)18-21-7-10-23(29)11-8-21/h2-12,16,25,27H,13-15,17-19H2,1H3,(H,30,33)/t25-,27+/m1/s1. The summed E-state index contributed by atoms with van der Waals surface area (Å²) >= 11 is 6.07. The lowest BCUT2D eigenvalue weighted by molar-refractivity contribution is -0.126. The van der Waals surface area contributed by atoms with Crippen molar-refractivity contribution in [3.8, 4) is 5.75 Å². The van der Waals surface area contributed by atoms with Gasteiger partial charge in [0.15, 0.2) is 0 Å². The van der Waals surface area contributed by atoms with E-state index in [1.165, 1.54) is 16.8 Å². The summed E-state index contributed by atoms with van der Waals surface area (Å²) in [5, 5.41) is 3.95. The fourth-order valence-corrected chi connectivity index (χ4v) is 5.30. The molecule has 5 nitrogen and oxygen atoms in total. The first-order chi connectivity index (χ1) is 16.6. The molecule has 1 N–H and O–H groups in total. The number of hydrogen-bond donors (Lipinski definition) is 1. The maximum Gasteiger partial charge on any atom is 0.225 e. The molecule has 6 heteroatoms. The Morgan fingerprint density at radius 3 is 2.59 bits per heavy atom. The van der Waals surface area contributed by atoms with Crippen LogP contribution in [0, 0.1) is 5.92 Å². The van der Waals surface area contributed by atoms with E-state index >= 15 is 0 Å². The van der Waals surface area contributed by atoms with Gasteiger partial charge in [0.1, 0.15) is 5.75 Å². The molecule has 1 fully saturated rings. The lowest BCUT2D eigenvalue weighted by atomic mass is 9.83. The quantitative estimate of drug-likeness (QED) is 0.569. The summed E-state index contributed by atoms with van der Waals surface area (Å²) in [5.74, 6) is 0.861. The Labute approximate surface area is 206 Å². The highest BCUT2D eigenvalue weighted by atomic mass is 35.5. The smallest absolute Gasteiger partial charge is 0.225 e. The van der Waals surface area contributed by atoms with E-state index in [0.717, 1.165) is 48.9 Å². The molecule has 0 bridgehead atoms. The highest BCUT2D eigenvalue weighted by Gasteiger charge is 2.41. The SMILES string of the molecule is COc1ccc2c(c1)N1CCN(Cc3ccc(Cl)cc3)C[C@H]1[C@H](C(=O)NCc1ccccc1)C2. The molecule has 0 saturated carbocycles. The summed E-state index contributed by atoms with van der Waals surface area (Å²) in [6.45, 7) is 4.05. The molecule has 1 amide bonds. The number of nitrogens with one attached hydrogen (secondary N) is 1. The minimum Gasteiger partial charge on any atom is -0.497 e. The fraction of sp³-hybridized carbons (Fsp3) is 0.321. The van der Waals surface area contributed by atoms with Gasteiger partial charge in [0.25, 0.3) is 0 Å². The van der Waals surface area contributed by atoms with Crippen LogP contribution in [0.15, 0.2) is 72.8 Å². The third-order valence-electron chi connectivity index (χ3n) is 6.97. The molecule has 2 heterocycles. The molecule has 2 aliphatic rings. The molecule has 176 valence electrons. The number of carbonyl (C=O) groups excluding carboxylic acids is 1. The molecule has 2 atom stereocenters. The van der Waals surface area contributed by atoms with Gasteiger partial charge >= 0.3 is 0 Å². The van der Waals surface area contributed by atoms with Gasteiger partial charge in [0, 0.05) is 49.5 Å². The van der Waals surface area contributed by atoms with Crippen LogP contribution in [0.25, 0.3) is 0 Å². The minimum absolute atomic E-state index is 0.108. The van der Waals surface area contributed by atoms with E-state index < -0.39 is 0 Å². The largest absolute Gasteiger partial charge is 0.497 e. The minimum atomic E-state index is -0.113. The van der Waals surface area contributed by atoms with Gasteiger partial charge in [-0.25, -0.2) is 0 Å². The van der Waals surface area contributed by atoms with Gasteiger partial charge < -0.3 is 15.0 Å². The van der Waals surface area contributed by atoms with Crippen molar-refractivity contribution in [2.24, 2.45) is 5.92 Å². The van der Waals surface area contributed by atoms with Crippen molar-refractivity contribution in [3.63, 3.8) is 0 Å².